The summed E-state index contributed by atoms with van der Waals surface area (Å²) in [5, 5.41) is 13.2. The highest BCUT2D eigenvalue weighted by molar-refractivity contribution is 5.94. The molecule has 1 N–H and O–H groups in total. The van der Waals surface area contributed by atoms with Gasteiger partial charge in [-0.2, -0.15) is 5.10 Å². The van der Waals surface area contributed by atoms with E-state index in [1.807, 2.05) is 0 Å². The fourth-order valence-electron chi connectivity index (χ4n) is 2.23. The van der Waals surface area contributed by atoms with Crippen molar-refractivity contribution in [3.63, 3.8) is 0 Å². The Labute approximate surface area is 124 Å². The maximum Gasteiger partial charge on any atom is 0.341 e. The van der Waals surface area contributed by atoms with Crippen molar-refractivity contribution in [2.75, 3.05) is 7.11 Å². The first-order valence-electron chi connectivity index (χ1n) is 6.44. The maximum absolute atomic E-state index is 14.1. The fourth-order valence-corrected chi connectivity index (χ4v) is 2.23. The number of nitrogens with zero attached hydrogens (tertiary/aromatic N) is 3. The zero-order valence-corrected chi connectivity index (χ0v) is 11.9. The summed E-state index contributed by atoms with van der Waals surface area (Å²) in [6.07, 6.45) is 1.23. The SMILES string of the molecule is COc1ccc(F)c(-c2cc(C)n3ncc(C(=O)O)c3n2)c1. The van der Waals surface area contributed by atoms with E-state index in [0.717, 1.165) is 0 Å². The normalized spacial score (nSPS) is 10.9. The van der Waals surface area contributed by atoms with E-state index < -0.39 is 11.8 Å². The number of hydrogen-bond donors (Lipinski definition) is 1. The fraction of sp³-hybridized carbons (Fsp3) is 0.133. The van der Waals surface area contributed by atoms with E-state index in [-0.39, 0.29) is 16.8 Å². The molecular formula is C15H12FN3O3. The van der Waals surface area contributed by atoms with Crippen molar-refractivity contribution in [1.29, 1.82) is 0 Å². The number of carboxylic acid groups (broad SMARTS) is 1. The first-order chi connectivity index (χ1) is 10.5. The third kappa shape index (κ3) is 2.16. The number of benzene rings is 1. The zero-order chi connectivity index (χ0) is 15.9. The summed E-state index contributed by atoms with van der Waals surface area (Å²) in [5.74, 6) is -1.11. The Morgan fingerprint density at radius 2 is 2.14 bits per heavy atom. The van der Waals surface area contributed by atoms with Crippen LogP contribution in [0.2, 0.25) is 0 Å². The lowest BCUT2D eigenvalue weighted by Crippen LogP contribution is -2.02. The van der Waals surface area contributed by atoms with Gasteiger partial charge < -0.3 is 9.84 Å². The predicted molar refractivity (Wildman–Crippen MR) is 76.6 cm³/mol. The van der Waals surface area contributed by atoms with Gasteiger partial charge in [0, 0.05) is 11.3 Å². The molecule has 0 bridgehead atoms. The standard InChI is InChI=1S/C15H12FN3O3/c1-8-5-13(10-6-9(22-2)3-4-12(10)16)18-14-11(15(20)21)7-17-19(8)14/h3-7H,1-2H3,(H,20,21). The van der Waals surface area contributed by atoms with Gasteiger partial charge in [0.2, 0.25) is 0 Å². The molecule has 0 atom stereocenters. The topological polar surface area (TPSA) is 76.7 Å². The summed E-state index contributed by atoms with van der Waals surface area (Å²) in [4.78, 5) is 15.5. The summed E-state index contributed by atoms with van der Waals surface area (Å²) < 4.78 is 20.6. The van der Waals surface area contributed by atoms with Gasteiger partial charge in [-0.3, -0.25) is 0 Å². The molecular weight excluding hydrogens is 289 g/mol. The van der Waals surface area contributed by atoms with Crippen LogP contribution in [0.1, 0.15) is 16.1 Å². The van der Waals surface area contributed by atoms with Crippen LogP contribution >= 0.6 is 0 Å². The smallest absolute Gasteiger partial charge is 0.341 e. The first kappa shape index (κ1) is 14.0. The average Bonchev–Trinajstić information content (AvgIpc) is 2.92. The molecule has 2 heterocycles. The monoisotopic (exact) mass is 301 g/mol. The second kappa shape index (κ2) is 5.10. The summed E-state index contributed by atoms with van der Waals surface area (Å²) >= 11 is 0. The molecule has 0 aliphatic carbocycles. The van der Waals surface area contributed by atoms with Crippen LogP contribution in [0.25, 0.3) is 16.9 Å². The van der Waals surface area contributed by atoms with Crippen LogP contribution < -0.4 is 4.74 Å². The Hall–Kier alpha value is -2.96. The lowest BCUT2D eigenvalue weighted by Gasteiger charge is -2.08. The molecule has 1 aromatic carbocycles. The van der Waals surface area contributed by atoms with E-state index in [9.17, 15) is 14.3 Å². The molecule has 2 aromatic heterocycles. The van der Waals surface area contributed by atoms with Crippen LogP contribution in [-0.4, -0.2) is 32.8 Å². The highest BCUT2D eigenvalue weighted by Crippen LogP contribution is 2.27. The van der Waals surface area contributed by atoms with Gasteiger partial charge in [-0.1, -0.05) is 0 Å². The number of aromatic nitrogens is 3. The highest BCUT2D eigenvalue weighted by atomic mass is 19.1. The Kier molecular flexibility index (Phi) is 3.25. The minimum Gasteiger partial charge on any atom is -0.497 e. The van der Waals surface area contributed by atoms with E-state index in [0.29, 0.717) is 17.1 Å². The van der Waals surface area contributed by atoms with Gasteiger partial charge in [0.25, 0.3) is 0 Å². The number of aryl methyl sites for hydroxylation is 1. The molecule has 7 heteroatoms. The average molecular weight is 301 g/mol. The number of rotatable bonds is 3. The van der Waals surface area contributed by atoms with Crippen LogP contribution in [0.15, 0.2) is 30.5 Å². The van der Waals surface area contributed by atoms with E-state index in [1.165, 1.54) is 36.0 Å². The molecule has 0 aliphatic heterocycles. The van der Waals surface area contributed by atoms with Crippen molar-refractivity contribution in [3.8, 4) is 17.0 Å². The summed E-state index contributed by atoms with van der Waals surface area (Å²) in [6.45, 7) is 1.74. The van der Waals surface area contributed by atoms with Crippen molar-refractivity contribution >= 4 is 11.6 Å². The quantitative estimate of drug-likeness (QED) is 0.804. The number of halogens is 1. The molecule has 0 fully saturated rings. The van der Waals surface area contributed by atoms with Gasteiger partial charge in [0.1, 0.15) is 17.1 Å². The molecule has 0 saturated heterocycles. The second-order valence-electron chi connectivity index (χ2n) is 4.73. The summed E-state index contributed by atoms with van der Waals surface area (Å²) in [5.41, 5.74) is 1.35. The third-order valence-corrected chi connectivity index (χ3v) is 3.33. The molecule has 0 radical (unpaired) electrons. The molecule has 0 saturated carbocycles. The minimum atomic E-state index is -1.13. The molecule has 112 valence electrons. The predicted octanol–water partition coefficient (Wildman–Crippen LogP) is 2.55. The Morgan fingerprint density at radius 1 is 1.36 bits per heavy atom. The van der Waals surface area contributed by atoms with Gasteiger partial charge in [-0.05, 0) is 31.2 Å². The Bertz CT molecular complexity index is 889. The van der Waals surface area contributed by atoms with Crippen molar-refractivity contribution < 1.29 is 19.0 Å². The molecule has 6 nitrogen and oxygen atoms in total. The molecule has 0 aliphatic rings. The molecule has 0 unspecified atom stereocenters. The lowest BCUT2D eigenvalue weighted by molar-refractivity contribution is 0.0699. The van der Waals surface area contributed by atoms with Gasteiger partial charge in [0.15, 0.2) is 5.65 Å². The van der Waals surface area contributed by atoms with E-state index in [2.05, 4.69) is 10.1 Å². The summed E-state index contributed by atoms with van der Waals surface area (Å²) in [6, 6.07) is 5.95. The van der Waals surface area contributed by atoms with Gasteiger partial charge in [-0.15, -0.1) is 0 Å². The second-order valence-corrected chi connectivity index (χ2v) is 4.73. The number of aromatic carboxylic acids is 1. The van der Waals surface area contributed by atoms with Crippen molar-refractivity contribution in [2.24, 2.45) is 0 Å². The number of carboxylic acids is 1. The van der Waals surface area contributed by atoms with Crippen molar-refractivity contribution in [1.82, 2.24) is 14.6 Å². The van der Waals surface area contributed by atoms with E-state index in [1.54, 1.807) is 13.0 Å². The van der Waals surface area contributed by atoms with E-state index >= 15 is 0 Å². The first-order valence-corrected chi connectivity index (χ1v) is 6.44. The van der Waals surface area contributed by atoms with Crippen molar-refractivity contribution in [2.45, 2.75) is 6.92 Å². The van der Waals surface area contributed by atoms with Crippen LogP contribution in [-0.2, 0) is 0 Å². The van der Waals surface area contributed by atoms with Gasteiger partial charge in [-0.25, -0.2) is 18.7 Å². The van der Waals surface area contributed by atoms with Crippen LogP contribution in [0, 0.1) is 12.7 Å². The largest absolute Gasteiger partial charge is 0.497 e. The van der Waals surface area contributed by atoms with Crippen LogP contribution in [0.4, 0.5) is 4.39 Å². The van der Waals surface area contributed by atoms with Crippen molar-refractivity contribution in [3.05, 3.63) is 47.5 Å². The molecule has 3 aromatic rings. The molecule has 22 heavy (non-hydrogen) atoms. The zero-order valence-electron chi connectivity index (χ0n) is 11.9. The number of hydrogen-bond acceptors (Lipinski definition) is 4. The molecule has 3 rings (SSSR count). The molecule has 0 spiro atoms. The van der Waals surface area contributed by atoms with Gasteiger partial charge in [0.05, 0.1) is 19.0 Å². The number of carbonyl (C=O) groups is 1. The Morgan fingerprint density at radius 3 is 2.82 bits per heavy atom. The number of ether oxygens (including phenoxy) is 1. The van der Waals surface area contributed by atoms with Gasteiger partial charge >= 0.3 is 5.97 Å². The minimum absolute atomic E-state index is 0.0340. The van der Waals surface area contributed by atoms with Crippen LogP contribution in [0.3, 0.4) is 0 Å². The van der Waals surface area contributed by atoms with E-state index in [4.69, 9.17) is 4.74 Å². The summed E-state index contributed by atoms with van der Waals surface area (Å²) in [7, 11) is 1.48. The Balaban J connectivity index is 2.28. The third-order valence-electron chi connectivity index (χ3n) is 3.33. The lowest BCUT2D eigenvalue weighted by atomic mass is 10.1. The highest BCUT2D eigenvalue weighted by Gasteiger charge is 2.17. The maximum atomic E-state index is 14.1. The molecule has 0 amide bonds. The van der Waals surface area contributed by atoms with Crippen LogP contribution in [0.5, 0.6) is 5.75 Å². The number of fused-ring (bicyclic) bond motifs is 1. The number of methoxy groups -OCH3 is 1.